The summed E-state index contributed by atoms with van der Waals surface area (Å²) in [5.74, 6) is 1.15. The third-order valence-corrected chi connectivity index (χ3v) is 3.69. The highest BCUT2D eigenvalue weighted by molar-refractivity contribution is 5.25. The first-order valence-corrected chi connectivity index (χ1v) is 6.57. The molecule has 0 bridgehead atoms. The van der Waals surface area contributed by atoms with Crippen molar-refractivity contribution >= 4 is 0 Å². The van der Waals surface area contributed by atoms with Crippen molar-refractivity contribution in [3.05, 3.63) is 53.7 Å². The third kappa shape index (κ3) is 2.18. The van der Waals surface area contributed by atoms with E-state index in [1.165, 1.54) is 24.0 Å². The number of furan rings is 1. The fraction of sp³-hybridized carbons (Fsp3) is 0.400. The van der Waals surface area contributed by atoms with Gasteiger partial charge in [-0.15, -0.1) is 0 Å². The van der Waals surface area contributed by atoms with Crippen LogP contribution in [-0.4, -0.2) is 4.98 Å². The molecule has 0 saturated carbocycles. The minimum atomic E-state index is 0.310. The van der Waals surface area contributed by atoms with E-state index < -0.39 is 0 Å². The molecule has 3 rings (SSSR count). The van der Waals surface area contributed by atoms with Gasteiger partial charge in [0, 0.05) is 36.5 Å². The molecule has 2 heterocycles. The Labute approximate surface area is 107 Å². The Balaban J connectivity index is 1.75. The molecule has 2 aromatic rings. The Bertz CT molecular complexity index is 506. The zero-order valence-corrected chi connectivity index (χ0v) is 10.6. The summed E-state index contributed by atoms with van der Waals surface area (Å²) in [4.78, 5) is 4.17. The first-order chi connectivity index (χ1) is 8.84. The van der Waals surface area contributed by atoms with Crippen molar-refractivity contribution in [2.24, 2.45) is 0 Å². The molecule has 0 saturated heterocycles. The van der Waals surface area contributed by atoms with Crippen LogP contribution in [0.15, 0.2) is 41.3 Å². The number of fused-ring (bicyclic) bond motifs is 1. The van der Waals surface area contributed by atoms with Crippen molar-refractivity contribution < 1.29 is 4.42 Å². The standard InChI is InChI=1S/C15H18N2O/c1-11(12-4-3-8-16-10-12)17-14-5-2-6-15-13(14)7-9-18-15/h3-4,7-11,14,17H,2,5-6H2,1H3/t11-,14?/m1/s1. The van der Waals surface area contributed by atoms with Gasteiger partial charge in [-0.25, -0.2) is 0 Å². The molecule has 1 aliphatic rings. The smallest absolute Gasteiger partial charge is 0.108 e. The highest BCUT2D eigenvalue weighted by atomic mass is 16.3. The van der Waals surface area contributed by atoms with Crippen LogP contribution in [0.5, 0.6) is 0 Å². The fourth-order valence-corrected chi connectivity index (χ4v) is 2.69. The van der Waals surface area contributed by atoms with Crippen LogP contribution in [0.2, 0.25) is 0 Å². The van der Waals surface area contributed by atoms with Gasteiger partial charge in [0.15, 0.2) is 0 Å². The molecule has 0 radical (unpaired) electrons. The molecule has 18 heavy (non-hydrogen) atoms. The molecule has 94 valence electrons. The molecule has 1 unspecified atom stereocenters. The largest absolute Gasteiger partial charge is 0.469 e. The first-order valence-electron chi connectivity index (χ1n) is 6.57. The lowest BCUT2D eigenvalue weighted by molar-refractivity contribution is 0.385. The van der Waals surface area contributed by atoms with Crippen molar-refractivity contribution in [3.8, 4) is 0 Å². The van der Waals surface area contributed by atoms with Crippen molar-refractivity contribution in [2.75, 3.05) is 0 Å². The third-order valence-electron chi connectivity index (χ3n) is 3.69. The summed E-state index contributed by atoms with van der Waals surface area (Å²) in [7, 11) is 0. The van der Waals surface area contributed by atoms with Crippen molar-refractivity contribution in [3.63, 3.8) is 0 Å². The summed E-state index contributed by atoms with van der Waals surface area (Å²) in [6.07, 6.45) is 8.98. The summed E-state index contributed by atoms with van der Waals surface area (Å²) >= 11 is 0. The van der Waals surface area contributed by atoms with Crippen molar-refractivity contribution in [1.29, 1.82) is 0 Å². The number of aryl methyl sites for hydroxylation is 1. The maximum absolute atomic E-state index is 5.52. The molecule has 0 aliphatic heterocycles. The van der Waals surface area contributed by atoms with Gasteiger partial charge >= 0.3 is 0 Å². The zero-order chi connectivity index (χ0) is 12.4. The topological polar surface area (TPSA) is 38.1 Å². The van der Waals surface area contributed by atoms with Gasteiger partial charge in [-0.1, -0.05) is 6.07 Å². The molecule has 0 spiro atoms. The van der Waals surface area contributed by atoms with Crippen LogP contribution in [0.3, 0.4) is 0 Å². The highest BCUT2D eigenvalue weighted by Gasteiger charge is 2.23. The van der Waals surface area contributed by atoms with Gasteiger partial charge in [-0.2, -0.15) is 0 Å². The van der Waals surface area contributed by atoms with E-state index in [4.69, 9.17) is 4.42 Å². The van der Waals surface area contributed by atoms with Gasteiger partial charge in [0.1, 0.15) is 5.76 Å². The summed E-state index contributed by atoms with van der Waals surface area (Å²) in [5, 5.41) is 3.68. The van der Waals surface area contributed by atoms with Crippen molar-refractivity contribution in [1.82, 2.24) is 10.3 Å². The van der Waals surface area contributed by atoms with Crippen LogP contribution >= 0.6 is 0 Å². The molecular formula is C15H18N2O. The molecule has 2 atom stereocenters. The molecule has 0 amide bonds. The Morgan fingerprint density at radius 2 is 2.39 bits per heavy atom. The Kier molecular flexibility index (Phi) is 3.15. The van der Waals surface area contributed by atoms with Crippen LogP contribution in [0.25, 0.3) is 0 Å². The van der Waals surface area contributed by atoms with Gasteiger partial charge in [0.25, 0.3) is 0 Å². The number of hydrogen-bond acceptors (Lipinski definition) is 3. The predicted octanol–water partition coefficient (Wildman–Crippen LogP) is 3.40. The normalized spacial score (nSPS) is 20.4. The summed E-state index contributed by atoms with van der Waals surface area (Å²) < 4.78 is 5.52. The minimum Gasteiger partial charge on any atom is -0.469 e. The summed E-state index contributed by atoms with van der Waals surface area (Å²) in [6.45, 7) is 2.19. The minimum absolute atomic E-state index is 0.310. The molecular weight excluding hydrogens is 224 g/mol. The maximum Gasteiger partial charge on any atom is 0.108 e. The molecule has 1 aliphatic carbocycles. The predicted molar refractivity (Wildman–Crippen MR) is 70.2 cm³/mol. The Hall–Kier alpha value is -1.61. The van der Waals surface area contributed by atoms with Gasteiger partial charge in [0.2, 0.25) is 0 Å². The number of aromatic nitrogens is 1. The lowest BCUT2D eigenvalue weighted by Gasteiger charge is -2.26. The Morgan fingerprint density at radius 1 is 1.44 bits per heavy atom. The lowest BCUT2D eigenvalue weighted by atomic mass is 9.92. The average Bonchev–Trinajstić information content (AvgIpc) is 2.89. The van der Waals surface area contributed by atoms with E-state index in [-0.39, 0.29) is 0 Å². The summed E-state index contributed by atoms with van der Waals surface area (Å²) in [5.41, 5.74) is 2.56. The van der Waals surface area contributed by atoms with E-state index in [0.29, 0.717) is 12.1 Å². The molecule has 1 N–H and O–H groups in total. The second kappa shape index (κ2) is 4.94. The Morgan fingerprint density at radius 3 is 3.22 bits per heavy atom. The SMILES string of the molecule is C[C@@H](NC1CCCc2occc21)c1cccnc1. The molecule has 0 fully saturated rings. The molecule has 2 aromatic heterocycles. The van der Waals surface area contributed by atoms with E-state index in [2.05, 4.69) is 29.4 Å². The summed E-state index contributed by atoms with van der Waals surface area (Å²) in [6, 6.07) is 6.91. The van der Waals surface area contributed by atoms with Crippen molar-refractivity contribution in [2.45, 2.75) is 38.3 Å². The van der Waals surface area contributed by atoms with Crippen LogP contribution in [-0.2, 0) is 6.42 Å². The number of rotatable bonds is 3. The van der Waals surface area contributed by atoms with Gasteiger partial charge in [0.05, 0.1) is 6.26 Å². The van der Waals surface area contributed by atoms with E-state index in [1.807, 2.05) is 18.5 Å². The van der Waals surface area contributed by atoms with E-state index >= 15 is 0 Å². The van der Waals surface area contributed by atoms with Crippen LogP contribution in [0, 0.1) is 0 Å². The van der Waals surface area contributed by atoms with E-state index in [1.54, 1.807) is 6.26 Å². The van der Waals surface area contributed by atoms with E-state index in [0.717, 1.165) is 12.2 Å². The zero-order valence-electron chi connectivity index (χ0n) is 10.6. The van der Waals surface area contributed by atoms with Gasteiger partial charge in [-0.05, 0) is 37.5 Å². The van der Waals surface area contributed by atoms with Crippen LogP contribution in [0.1, 0.15) is 48.7 Å². The van der Waals surface area contributed by atoms with Gasteiger partial charge in [-0.3, -0.25) is 4.98 Å². The second-order valence-electron chi connectivity index (χ2n) is 4.92. The number of nitrogens with one attached hydrogen (secondary N) is 1. The number of hydrogen-bond donors (Lipinski definition) is 1. The quantitative estimate of drug-likeness (QED) is 0.896. The fourth-order valence-electron chi connectivity index (χ4n) is 2.69. The van der Waals surface area contributed by atoms with Gasteiger partial charge < -0.3 is 9.73 Å². The second-order valence-corrected chi connectivity index (χ2v) is 4.92. The number of pyridine rings is 1. The van der Waals surface area contributed by atoms with Crippen LogP contribution < -0.4 is 5.32 Å². The lowest BCUT2D eigenvalue weighted by Crippen LogP contribution is -2.27. The first kappa shape index (κ1) is 11.5. The number of nitrogens with zero attached hydrogens (tertiary/aromatic N) is 1. The molecule has 0 aromatic carbocycles. The molecule has 3 heteroatoms. The average molecular weight is 242 g/mol. The highest BCUT2D eigenvalue weighted by Crippen LogP contribution is 2.32. The van der Waals surface area contributed by atoms with E-state index in [9.17, 15) is 0 Å². The maximum atomic E-state index is 5.52. The molecule has 3 nitrogen and oxygen atoms in total. The monoisotopic (exact) mass is 242 g/mol. The van der Waals surface area contributed by atoms with Crippen LogP contribution in [0.4, 0.5) is 0 Å².